The van der Waals surface area contributed by atoms with Gasteiger partial charge in [-0.05, 0) is 48.4 Å². The second-order valence-corrected chi connectivity index (χ2v) is 5.03. The first-order valence-electron chi connectivity index (χ1n) is 7.37. The lowest BCUT2D eigenvalue weighted by Crippen LogP contribution is -2.09. The molecule has 104 valence electrons. The molecule has 1 nitrogen and oxygen atoms in total. The molecule has 0 radical (unpaired) electrons. The van der Waals surface area contributed by atoms with Gasteiger partial charge in [-0.3, -0.25) is 0 Å². The molecule has 21 heavy (non-hydrogen) atoms. The second kappa shape index (κ2) is 6.27. The Bertz CT molecular complexity index is 633. The monoisotopic (exact) mass is 273 g/mol. The smallest absolute Gasteiger partial charge is 0.0461 e. The van der Waals surface area contributed by atoms with Gasteiger partial charge in [-0.25, -0.2) is 0 Å². The summed E-state index contributed by atoms with van der Waals surface area (Å²) >= 11 is 0. The Kier molecular flexibility index (Phi) is 4.02. The second-order valence-electron chi connectivity index (χ2n) is 5.03. The van der Waals surface area contributed by atoms with Gasteiger partial charge in [0.1, 0.15) is 0 Å². The minimum Gasteiger partial charge on any atom is -0.311 e. The minimum absolute atomic E-state index is 1.07. The third-order valence-corrected chi connectivity index (χ3v) is 3.63. The summed E-state index contributed by atoms with van der Waals surface area (Å²) in [5.74, 6) is 0. The Morgan fingerprint density at radius 3 is 1.43 bits per heavy atom. The first-order valence-corrected chi connectivity index (χ1v) is 7.37. The fraction of sp³-hybridized carbons (Fsp3) is 0.100. The van der Waals surface area contributed by atoms with Crippen molar-refractivity contribution < 1.29 is 0 Å². The fourth-order valence-electron chi connectivity index (χ4n) is 2.48. The standard InChI is InChI=1S/C20H19N/c1-2-17-13-15-20(16-14-17)21(18-9-5-3-6-10-18)19-11-7-4-8-12-19/h3-16H,2H2,1H3. The van der Waals surface area contributed by atoms with E-state index in [9.17, 15) is 0 Å². The van der Waals surface area contributed by atoms with Crippen LogP contribution in [0.1, 0.15) is 12.5 Å². The van der Waals surface area contributed by atoms with Crippen LogP contribution in [-0.2, 0) is 6.42 Å². The van der Waals surface area contributed by atoms with Crippen LogP contribution in [0.5, 0.6) is 0 Å². The van der Waals surface area contributed by atoms with Crippen molar-refractivity contribution in [3.63, 3.8) is 0 Å². The van der Waals surface area contributed by atoms with Crippen molar-refractivity contribution in [3.05, 3.63) is 90.5 Å². The summed E-state index contributed by atoms with van der Waals surface area (Å²) in [6.45, 7) is 2.18. The zero-order valence-corrected chi connectivity index (χ0v) is 12.2. The van der Waals surface area contributed by atoms with Crippen molar-refractivity contribution in [2.75, 3.05) is 4.90 Å². The average Bonchev–Trinajstić information content (AvgIpc) is 2.58. The van der Waals surface area contributed by atoms with Crippen LogP contribution in [0.25, 0.3) is 0 Å². The van der Waals surface area contributed by atoms with Gasteiger partial charge in [0.25, 0.3) is 0 Å². The molecule has 3 aromatic carbocycles. The first-order chi connectivity index (χ1) is 10.4. The summed E-state index contributed by atoms with van der Waals surface area (Å²) in [5, 5.41) is 0. The van der Waals surface area contributed by atoms with E-state index >= 15 is 0 Å². The Labute approximate surface area is 126 Å². The van der Waals surface area contributed by atoms with Crippen LogP contribution in [0, 0.1) is 0 Å². The van der Waals surface area contributed by atoms with Crippen molar-refractivity contribution in [1.29, 1.82) is 0 Å². The van der Waals surface area contributed by atoms with Gasteiger partial charge >= 0.3 is 0 Å². The number of hydrogen-bond donors (Lipinski definition) is 0. The molecule has 0 amide bonds. The van der Waals surface area contributed by atoms with Crippen LogP contribution in [0.3, 0.4) is 0 Å². The lowest BCUT2D eigenvalue weighted by atomic mass is 10.1. The van der Waals surface area contributed by atoms with Gasteiger partial charge < -0.3 is 4.90 Å². The molecule has 3 aromatic rings. The van der Waals surface area contributed by atoms with E-state index in [4.69, 9.17) is 0 Å². The van der Waals surface area contributed by atoms with Crippen LogP contribution in [0.15, 0.2) is 84.9 Å². The highest BCUT2D eigenvalue weighted by atomic mass is 15.1. The Morgan fingerprint density at radius 1 is 0.571 bits per heavy atom. The van der Waals surface area contributed by atoms with E-state index in [-0.39, 0.29) is 0 Å². The highest BCUT2D eigenvalue weighted by molar-refractivity contribution is 5.76. The predicted molar refractivity (Wildman–Crippen MR) is 90.5 cm³/mol. The molecule has 0 heterocycles. The summed E-state index contributed by atoms with van der Waals surface area (Å²) in [7, 11) is 0. The van der Waals surface area contributed by atoms with Crippen molar-refractivity contribution in [3.8, 4) is 0 Å². The molecule has 0 N–H and O–H groups in total. The molecule has 0 aliphatic rings. The van der Waals surface area contributed by atoms with E-state index in [2.05, 4.69) is 84.6 Å². The van der Waals surface area contributed by atoms with E-state index in [1.807, 2.05) is 12.1 Å². The topological polar surface area (TPSA) is 3.24 Å². The average molecular weight is 273 g/mol. The molecule has 0 unspecified atom stereocenters. The molecular weight excluding hydrogens is 254 g/mol. The zero-order valence-electron chi connectivity index (χ0n) is 12.2. The molecule has 0 saturated carbocycles. The number of benzene rings is 3. The molecule has 0 aliphatic heterocycles. The van der Waals surface area contributed by atoms with Crippen molar-refractivity contribution in [2.24, 2.45) is 0 Å². The van der Waals surface area contributed by atoms with Crippen LogP contribution in [0.4, 0.5) is 17.1 Å². The van der Waals surface area contributed by atoms with Crippen LogP contribution < -0.4 is 4.90 Å². The first kappa shape index (κ1) is 13.4. The fourth-order valence-corrected chi connectivity index (χ4v) is 2.48. The van der Waals surface area contributed by atoms with Crippen molar-refractivity contribution in [2.45, 2.75) is 13.3 Å². The number of anilines is 3. The Hall–Kier alpha value is -2.54. The van der Waals surface area contributed by atoms with Gasteiger partial charge in [0.15, 0.2) is 0 Å². The van der Waals surface area contributed by atoms with Gasteiger partial charge in [-0.1, -0.05) is 55.5 Å². The molecule has 0 aromatic heterocycles. The van der Waals surface area contributed by atoms with E-state index in [0.717, 1.165) is 6.42 Å². The molecule has 0 saturated heterocycles. The van der Waals surface area contributed by atoms with Crippen LogP contribution in [-0.4, -0.2) is 0 Å². The molecule has 0 spiro atoms. The van der Waals surface area contributed by atoms with Crippen molar-refractivity contribution in [1.82, 2.24) is 0 Å². The largest absolute Gasteiger partial charge is 0.311 e. The van der Waals surface area contributed by atoms with Gasteiger partial charge in [0.05, 0.1) is 0 Å². The quantitative estimate of drug-likeness (QED) is 0.587. The number of nitrogens with zero attached hydrogens (tertiary/aromatic N) is 1. The highest BCUT2D eigenvalue weighted by Gasteiger charge is 2.10. The molecule has 0 aliphatic carbocycles. The van der Waals surface area contributed by atoms with E-state index < -0.39 is 0 Å². The zero-order chi connectivity index (χ0) is 14.5. The van der Waals surface area contributed by atoms with Crippen LogP contribution >= 0.6 is 0 Å². The molecule has 0 atom stereocenters. The minimum atomic E-state index is 1.07. The molecule has 0 fully saturated rings. The number of hydrogen-bond acceptors (Lipinski definition) is 1. The number of aryl methyl sites for hydroxylation is 1. The summed E-state index contributed by atoms with van der Waals surface area (Å²) in [6, 6.07) is 29.7. The maximum Gasteiger partial charge on any atom is 0.0461 e. The molecule has 0 bridgehead atoms. The third-order valence-electron chi connectivity index (χ3n) is 3.63. The summed E-state index contributed by atoms with van der Waals surface area (Å²) in [5.41, 5.74) is 4.89. The SMILES string of the molecule is CCc1ccc(N(c2ccccc2)c2ccccc2)cc1. The summed E-state index contributed by atoms with van der Waals surface area (Å²) in [4.78, 5) is 2.28. The number of para-hydroxylation sites is 2. The predicted octanol–water partition coefficient (Wildman–Crippen LogP) is 5.72. The Balaban J connectivity index is 2.07. The lowest BCUT2D eigenvalue weighted by Gasteiger charge is -2.25. The van der Waals surface area contributed by atoms with E-state index in [1.165, 1.54) is 22.6 Å². The highest BCUT2D eigenvalue weighted by Crippen LogP contribution is 2.33. The molecule has 1 heteroatoms. The van der Waals surface area contributed by atoms with Crippen LogP contribution in [0.2, 0.25) is 0 Å². The lowest BCUT2D eigenvalue weighted by molar-refractivity contribution is 1.14. The number of rotatable bonds is 4. The Morgan fingerprint density at radius 2 is 1.00 bits per heavy atom. The van der Waals surface area contributed by atoms with Gasteiger partial charge in [0, 0.05) is 17.1 Å². The maximum atomic E-state index is 2.28. The molecular formula is C20H19N. The third kappa shape index (κ3) is 2.97. The normalized spacial score (nSPS) is 10.3. The van der Waals surface area contributed by atoms with Gasteiger partial charge in [0.2, 0.25) is 0 Å². The van der Waals surface area contributed by atoms with Crippen molar-refractivity contribution >= 4 is 17.1 Å². The maximum absolute atomic E-state index is 2.28. The van der Waals surface area contributed by atoms with E-state index in [1.54, 1.807) is 0 Å². The van der Waals surface area contributed by atoms with Gasteiger partial charge in [-0.15, -0.1) is 0 Å². The summed E-state index contributed by atoms with van der Waals surface area (Å²) in [6.07, 6.45) is 1.07. The van der Waals surface area contributed by atoms with Gasteiger partial charge in [-0.2, -0.15) is 0 Å². The van der Waals surface area contributed by atoms with E-state index in [0.29, 0.717) is 0 Å². The molecule has 3 rings (SSSR count). The summed E-state index contributed by atoms with van der Waals surface area (Å²) < 4.78 is 0.